The number of benzene rings is 1. The maximum Gasteiger partial charge on any atom is 0.416 e. The lowest BCUT2D eigenvalue weighted by Crippen LogP contribution is -2.05. The van der Waals surface area contributed by atoms with Gasteiger partial charge in [0.05, 0.1) is 17.0 Å². The van der Waals surface area contributed by atoms with Crippen LogP contribution in [0.4, 0.5) is 17.6 Å². The van der Waals surface area contributed by atoms with Crippen molar-refractivity contribution in [2.75, 3.05) is 0 Å². The summed E-state index contributed by atoms with van der Waals surface area (Å²) in [7, 11) is 0. The SMILES string of the molecule is C=C(O)Cc1coc(-c2cc(F)cc(C(F)(F)F)c2)n1. The molecule has 1 N–H and O–H groups in total. The van der Waals surface area contributed by atoms with Crippen molar-refractivity contribution in [3.63, 3.8) is 0 Å². The Balaban J connectivity index is 2.40. The highest BCUT2D eigenvalue weighted by molar-refractivity contribution is 5.55. The van der Waals surface area contributed by atoms with Crippen molar-refractivity contribution in [3.05, 3.63) is 53.9 Å². The standard InChI is InChI=1S/C13H9F4NO2/c1-7(19)2-11-6-20-12(18-11)8-3-9(13(15,16)17)5-10(14)4-8/h3-6,19H,1-2H2. The molecule has 0 fully saturated rings. The number of aromatic nitrogens is 1. The molecule has 2 rings (SSSR count). The molecule has 0 atom stereocenters. The zero-order valence-corrected chi connectivity index (χ0v) is 10.0. The second kappa shape index (κ2) is 4.99. The van der Waals surface area contributed by atoms with Crippen molar-refractivity contribution in [1.29, 1.82) is 0 Å². The van der Waals surface area contributed by atoms with Crippen LogP contribution >= 0.6 is 0 Å². The van der Waals surface area contributed by atoms with Gasteiger partial charge in [0.25, 0.3) is 0 Å². The molecule has 2 aromatic rings. The Morgan fingerprint density at radius 3 is 2.60 bits per heavy atom. The van der Waals surface area contributed by atoms with E-state index in [1.807, 2.05) is 0 Å². The van der Waals surface area contributed by atoms with Crippen LogP contribution in [-0.4, -0.2) is 10.1 Å². The number of aliphatic hydroxyl groups is 1. The molecule has 0 aliphatic carbocycles. The predicted molar refractivity (Wildman–Crippen MR) is 62.4 cm³/mol. The van der Waals surface area contributed by atoms with Crippen LogP contribution in [-0.2, 0) is 12.6 Å². The van der Waals surface area contributed by atoms with E-state index in [4.69, 9.17) is 9.52 Å². The number of nitrogens with zero attached hydrogens (tertiary/aromatic N) is 1. The van der Waals surface area contributed by atoms with Crippen LogP contribution in [0.25, 0.3) is 11.5 Å². The molecule has 0 aliphatic heterocycles. The van der Waals surface area contributed by atoms with E-state index in [0.717, 1.165) is 18.4 Å². The highest BCUT2D eigenvalue weighted by Crippen LogP contribution is 2.33. The van der Waals surface area contributed by atoms with E-state index in [9.17, 15) is 17.6 Å². The summed E-state index contributed by atoms with van der Waals surface area (Å²) in [6, 6.07) is 2.02. The minimum Gasteiger partial charge on any atom is -0.513 e. The first-order chi connectivity index (χ1) is 9.25. The number of rotatable bonds is 3. The number of halogens is 4. The van der Waals surface area contributed by atoms with Gasteiger partial charge in [-0.15, -0.1) is 0 Å². The summed E-state index contributed by atoms with van der Waals surface area (Å²) in [5.41, 5.74) is -0.976. The average Bonchev–Trinajstić information content (AvgIpc) is 2.74. The first-order valence-corrected chi connectivity index (χ1v) is 5.45. The van der Waals surface area contributed by atoms with Crippen molar-refractivity contribution in [2.45, 2.75) is 12.6 Å². The smallest absolute Gasteiger partial charge is 0.416 e. The van der Waals surface area contributed by atoms with Gasteiger partial charge in [0, 0.05) is 12.0 Å². The van der Waals surface area contributed by atoms with E-state index in [1.54, 1.807) is 0 Å². The van der Waals surface area contributed by atoms with Crippen molar-refractivity contribution < 1.29 is 27.1 Å². The van der Waals surface area contributed by atoms with Gasteiger partial charge in [-0.2, -0.15) is 13.2 Å². The first kappa shape index (κ1) is 14.1. The van der Waals surface area contributed by atoms with Crippen LogP contribution in [0, 0.1) is 5.82 Å². The Morgan fingerprint density at radius 1 is 1.30 bits per heavy atom. The lowest BCUT2D eigenvalue weighted by Gasteiger charge is -2.07. The highest BCUT2D eigenvalue weighted by Gasteiger charge is 2.31. The van der Waals surface area contributed by atoms with Crippen LogP contribution in [0.1, 0.15) is 11.3 Å². The lowest BCUT2D eigenvalue weighted by molar-refractivity contribution is -0.137. The van der Waals surface area contributed by atoms with Gasteiger partial charge in [-0.1, -0.05) is 6.58 Å². The molecule has 0 saturated heterocycles. The molecule has 0 aliphatic rings. The zero-order chi connectivity index (χ0) is 14.9. The molecule has 106 valence electrons. The molecular weight excluding hydrogens is 278 g/mol. The second-order valence-electron chi connectivity index (χ2n) is 4.11. The molecule has 20 heavy (non-hydrogen) atoms. The predicted octanol–water partition coefficient (Wildman–Crippen LogP) is 4.11. The molecule has 7 heteroatoms. The molecule has 0 radical (unpaired) electrons. The van der Waals surface area contributed by atoms with E-state index in [0.29, 0.717) is 6.07 Å². The normalized spacial score (nSPS) is 11.6. The van der Waals surface area contributed by atoms with Crippen molar-refractivity contribution in [3.8, 4) is 11.5 Å². The maximum atomic E-state index is 13.2. The first-order valence-electron chi connectivity index (χ1n) is 5.45. The molecular formula is C13H9F4NO2. The number of alkyl halides is 3. The van der Waals surface area contributed by atoms with Gasteiger partial charge in [-0.25, -0.2) is 9.37 Å². The summed E-state index contributed by atoms with van der Waals surface area (Å²) in [4.78, 5) is 3.86. The molecule has 1 aromatic heterocycles. The van der Waals surface area contributed by atoms with Gasteiger partial charge in [-0.3, -0.25) is 0 Å². The number of oxazole rings is 1. The molecule has 0 amide bonds. The number of hydrogen-bond donors (Lipinski definition) is 1. The topological polar surface area (TPSA) is 46.3 Å². The fourth-order valence-corrected chi connectivity index (χ4v) is 1.61. The van der Waals surface area contributed by atoms with Gasteiger partial charge >= 0.3 is 6.18 Å². The quantitative estimate of drug-likeness (QED) is 0.682. The summed E-state index contributed by atoms with van der Waals surface area (Å²) in [5.74, 6) is -1.37. The third-order valence-corrected chi connectivity index (χ3v) is 2.41. The Hall–Kier alpha value is -2.31. The molecule has 0 spiro atoms. The van der Waals surface area contributed by atoms with Gasteiger partial charge in [0.2, 0.25) is 5.89 Å². The molecule has 0 unspecified atom stereocenters. The Kier molecular flexibility index (Phi) is 3.52. The van der Waals surface area contributed by atoms with Crippen molar-refractivity contribution in [2.24, 2.45) is 0 Å². The number of hydrogen-bond acceptors (Lipinski definition) is 3. The summed E-state index contributed by atoms with van der Waals surface area (Å²) in [5, 5.41) is 9.00. The van der Waals surface area contributed by atoms with Gasteiger partial charge in [-0.05, 0) is 18.2 Å². The number of allylic oxidation sites excluding steroid dienone is 1. The third-order valence-electron chi connectivity index (χ3n) is 2.41. The van der Waals surface area contributed by atoms with Crippen LogP contribution in [0.3, 0.4) is 0 Å². The fourth-order valence-electron chi connectivity index (χ4n) is 1.61. The van der Waals surface area contributed by atoms with Crippen molar-refractivity contribution in [1.82, 2.24) is 4.98 Å². The van der Waals surface area contributed by atoms with Gasteiger partial charge in [0.15, 0.2) is 0 Å². The second-order valence-corrected chi connectivity index (χ2v) is 4.11. The maximum absolute atomic E-state index is 13.2. The zero-order valence-electron chi connectivity index (χ0n) is 10.0. The van der Waals surface area contributed by atoms with Gasteiger partial charge < -0.3 is 9.52 Å². The van der Waals surface area contributed by atoms with E-state index >= 15 is 0 Å². The van der Waals surface area contributed by atoms with E-state index in [1.165, 1.54) is 0 Å². The largest absolute Gasteiger partial charge is 0.513 e. The third kappa shape index (κ3) is 3.17. The lowest BCUT2D eigenvalue weighted by atomic mass is 10.1. The van der Waals surface area contributed by atoms with Crippen LogP contribution < -0.4 is 0 Å². The minimum absolute atomic E-state index is 0.00490. The average molecular weight is 287 g/mol. The van der Waals surface area contributed by atoms with Crippen molar-refractivity contribution >= 4 is 0 Å². The monoisotopic (exact) mass is 287 g/mol. The van der Waals surface area contributed by atoms with E-state index < -0.39 is 17.6 Å². The Bertz CT molecular complexity index is 646. The van der Waals surface area contributed by atoms with E-state index in [-0.39, 0.29) is 29.3 Å². The number of aliphatic hydroxyl groups excluding tert-OH is 1. The summed E-state index contributed by atoms with van der Waals surface area (Å²) >= 11 is 0. The van der Waals surface area contributed by atoms with E-state index in [2.05, 4.69) is 11.6 Å². The Labute approximate surface area is 111 Å². The molecule has 0 saturated carbocycles. The summed E-state index contributed by atoms with van der Waals surface area (Å²) in [6.45, 7) is 3.26. The minimum atomic E-state index is -4.66. The fraction of sp³-hybridized carbons (Fsp3) is 0.154. The van der Waals surface area contributed by atoms with Crippen LogP contribution in [0.5, 0.6) is 0 Å². The summed E-state index contributed by atoms with van der Waals surface area (Å²) in [6.07, 6.45) is -3.49. The summed E-state index contributed by atoms with van der Waals surface area (Å²) < 4.78 is 55.9. The molecule has 0 bridgehead atoms. The highest BCUT2D eigenvalue weighted by atomic mass is 19.4. The molecule has 1 heterocycles. The van der Waals surface area contributed by atoms with Gasteiger partial charge in [0.1, 0.15) is 12.1 Å². The molecule has 3 nitrogen and oxygen atoms in total. The van der Waals surface area contributed by atoms with Crippen LogP contribution in [0.15, 0.2) is 41.2 Å². The Morgan fingerprint density at radius 2 is 2.00 bits per heavy atom. The van der Waals surface area contributed by atoms with Crippen LogP contribution in [0.2, 0.25) is 0 Å². The molecule has 1 aromatic carbocycles.